The fourth-order valence-corrected chi connectivity index (χ4v) is 3.59. The van der Waals surface area contributed by atoms with Crippen LogP contribution in [0.3, 0.4) is 0 Å². The average Bonchev–Trinajstić information content (AvgIpc) is 2.71. The van der Waals surface area contributed by atoms with E-state index in [0.717, 1.165) is 14.2 Å². The van der Waals surface area contributed by atoms with Gasteiger partial charge >= 0.3 is 11.9 Å². The fraction of sp³-hybridized carbons (Fsp3) is 0.211. The van der Waals surface area contributed by atoms with Crippen molar-refractivity contribution in [3.05, 3.63) is 58.7 Å². The summed E-state index contributed by atoms with van der Waals surface area (Å²) in [7, 11) is -0.376. The van der Waals surface area contributed by atoms with E-state index in [1.807, 2.05) is 0 Å². The van der Waals surface area contributed by atoms with Gasteiger partial charge in [0.2, 0.25) is 0 Å². The van der Waals surface area contributed by atoms with Crippen LogP contribution in [-0.2, 0) is 19.5 Å². The number of hydrogen-bond acceptors (Lipinski definition) is 7. The summed E-state index contributed by atoms with van der Waals surface area (Å²) >= 11 is 0. The number of carbonyl (C=O) groups excluding carboxylic acids is 3. The predicted molar refractivity (Wildman–Crippen MR) is 104 cm³/mol. The lowest BCUT2D eigenvalue weighted by Crippen LogP contribution is -2.20. The number of aryl methyl sites for hydroxylation is 1. The minimum absolute atomic E-state index is 0.0388. The van der Waals surface area contributed by atoms with Crippen molar-refractivity contribution in [3.8, 4) is 0 Å². The van der Waals surface area contributed by atoms with Crippen molar-refractivity contribution >= 4 is 33.6 Å². The van der Waals surface area contributed by atoms with Gasteiger partial charge in [0.25, 0.3) is 15.9 Å². The predicted octanol–water partition coefficient (Wildman–Crippen LogP) is 1.73. The Labute approximate surface area is 168 Å². The maximum absolute atomic E-state index is 12.8. The number of ether oxygens (including phenoxy) is 2. The second-order valence-electron chi connectivity index (χ2n) is 5.94. The molecule has 10 heteroatoms. The Bertz CT molecular complexity index is 1040. The van der Waals surface area contributed by atoms with Gasteiger partial charge in [-0.25, -0.2) is 18.0 Å². The summed E-state index contributed by atoms with van der Waals surface area (Å²) in [5.41, 5.74) is 0.680. The highest BCUT2D eigenvalue weighted by Crippen LogP contribution is 2.22. The highest BCUT2D eigenvalue weighted by atomic mass is 32.2. The lowest BCUT2D eigenvalue weighted by Gasteiger charge is -2.12. The molecule has 1 amide bonds. The molecule has 2 N–H and O–H groups in total. The Balaban J connectivity index is 2.50. The lowest BCUT2D eigenvalue weighted by molar-refractivity contribution is 0.0599. The summed E-state index contributed by atoms with van der Waals surface area (Å²) in [6, 6.07) is 7.76. The van der Waals surface area contributed by atoms with Crippen LogP contribution in [-0.4, -0.2) is 47.5 Å². The summed E-state index contributed by atoms with van der Waals surface area (Å²) in [5, 5.41) is 2.45. The molecule has 0 spiro atoms. The third-order valence-corrected chi connectivity index (χ3v) is 5.40. The summed E-state index contributed by atoms with van der Waals surface area (Å²) < 4.78 is 37.2. The number of anilines is 1. The van der Waals surface area contributed by atoms with Crippen molar-refractivity contribution in [2.45, 2.75) is 11.8 Å². The van der Waals surface area contributed by atoms with Crippen LogP contribution < -0.4 is 10.0 Å². The summed E-state index contributed by atoms with van der Waals surface area (Å²) in [6.45, 7) is 1.68. The van der Waals surface area contributed by atoms with Crippen LogP contribution in [0.25, 0.3) is 0 Å². The van der Waals surface area contributed by atoms with E-state index in [1.165, 1.54) is 43.4 Å². The van der Waals surface area contributed by atoms with Gasteiger partial charge in [0.05, 0.1) is 35.9 Å². The maximum atomic E-state index is 12.8. The SMILES string of the molecule is CNC(=O)c1cc(S(=O)(=O)Nc2cc(C(=O)OC)cc(C(=O)OC)c2)ccc1C. The first-order valence-corrected chi connectivity index (χ1v) is 9.78. The Hall–Kier alpha value is -3.40. The summed E-state index contributed by atoms with van der Waals surface area (Å²) in [6.07, 6.45) is 0. The molecule has 0 heterocycles. The van der Waals surface area contributed by atoms with Crippen LogP contribution in [0.2, 0.25) is 0 Å². The summed E-state index contributed by atoms with van der Waals surface area (Å²) in [4.78, 5) is 35.5. The van der Waals surface area contributed by atoms with Crippen molar-refractivity contribution in [1.29, 1.82) is 0 Å². The quantitative estimate of drug-likeness (QED) is 0.681. The zero-order valence-corrected chi connectivity index (χ0v) is 17.0. The van der Waals surface area contributed by atoms with Crippen molar-refractivity contribution in [3.63, 3.8) is 0 Å². The molecule has 0 aliphatic heterocycles. The van der Waals surface area contributed by atoms with Gasteiger partial charge in [-0.2, -0.15) is 0 Å². The number of methoxy groups -OCH3 is 2. The van der Waals surface area contributed by atoms with E-state index < -0.39 is 27.9 Å². The van der Waals surface area contributed by atoms with Crippen molar-refractivity contribution in [1.82, 2.24) is 5.32 Å². The molecule has 2 aromatic rings. The highest BCUT2D eigenvalue weighted by Gasteiger charge is 2.20. The fourth-order valence-electron chi connectivity index (χ4n) is 2.52. The topological polar surface area (TPSA) is 128 Å². The van der Waals surface area contributed by atoms with Crippen LogP contribution in [0.4, 0.5) is 5.69 Å². The Kier molecular flexibility index (Phi) is 6.60. The van der Waals surface area contributed by atoms with E-state index >= 15 is 0 Å². The Morgan fingerprint density at radius 1 is 0.897 bits per heavy atom. The minimum atomic E-state index is -4.13. The molecule has 2 rings (SSSR count). The van der Waals surface area contributed by atoms with Gasteiger partial charge in [0.15, 0.2) is 0 Å². The van der Waals surface area contributed by atoms with Crippen molar-refractivity contribution < 1.29 is 32.3 Å². The zero-order chi connectivity index (χ0) is 21.8. The van der Waals surface area contributed by atoms with E-state index in [-0.39, 0.29) is 27.3 Å². The second kappa shape index (κ2) is 8.74. The molecule has 2 aromatic carbocycles. The van der Waals surface area contributed by atoms with Crippen molar-refractivity contribution in [2.75, 3.05) is 26.0 Å². The molecule has 0 atom stereocenters. The molecule has 0 aliphatic carbocycles. The average molecular weight is 420 g/mol. The molecule has 0 saturated carbocycles. The van der Waals surface area contributed by atoms with Crippen LogP contribution in [0, 0.1) is 6.92 Å². The molecule has 0 unspecified atom stereocenters. The summed E-state index contributed by atoms with van der Waals surface area (Å²) in [5.74, 6) is -1.94. The Morgan fingerprint density at radius 3 is 1.93 bits per heavy atom. The van der Waals surface area contributed by atoms with Gasteiger partial charge in [-0.05, 0) is 42.8 Å². The van der Waals surface area contributed by atoms with E-state index in [9.17, 15) is 22.8 Å². The molecule has 0 aliphatic rings. The van der Waals surface area contributed by atoms with E-state index in [0.29, 0.717) is 5.56 Å². The number of amides is 1. The van der Waals surface area contributed by atoms with E-state index in [2.05, 4.69) is 19.5 Å². The molecule has 154 valence electrons. The Morgan fingerprint density at radius 2 is 1.45 bits per heavy atom. The third kappa shape index (κ3) is 4.91. The van der Waals surface area contributed by atoms with Gasteiger partial charge in [0.1, 0.15) is 0 Å². The molecule has 0 radical (unpaired) electrons. The first-order chi connectivity index (χ1) is 13.6. The molecule has 0 fully saturated rings. The number of carbonyl (C=O) groups is 3. The number of rotatable bonds is 6. The number of sulfonamides is 1. The van der Waals surface area contributed by atoms with Crippen LogP contribution in [0.5, 0.6) is 0 Å². The molecule has 9 nitrogen and oxygen atoms in total. The first-order valence-electron chi connectivity index (χ1n) is 8.30. The monoisotopic (exact) mass is 420 g/mol. The second-order valence-corrected chi connectivity index (χ2v) is 7.63. The van der Waals surface area contributed by atoms with Crippen LogP contribution in [0.1, 0.15) is 36.6 Å². The van der Waals surface area contributed by atoms with Gasteiger partial charge in [-0.3, -0.25) is 9.52 Å². The van der Waals surface area contributed by atoms with Gasteiger partial charge in [-0.1, -0.05) is 6.07 Å². The van der Waals surface area contributed by atoms with Crippen LogP contribution in [0.15, 0.2) is 41.3 Å². The molecule has 29 heavy (non-hydrogen) atoms. The van der Waals surface area contributed by atoms with Crippen molar-refractivity contribution in [2.24, 2.45) is 0 Å². The van der Waals surface area contributed by atoms with Gasteiger partial charge in [0, 0.05) is 12.6 Å². The largest absolute Gasteiger partial charge is 0.465 e. The third-order valence-electron chi connectivity index (χ3n) is 4.02. The van der Waals surface area contributed by atoms with E-state index in [1.54, 1.807) is 6.92 Å². The molecule has 0 saturated heterocycles. The van der Waals surface area contributed by atoms with E-state index in [4.69, 9.17) is 0 Å². The normalized spacial score (nSPS) is 10.8. The maximum Gasteiger partial charge on any atom is 0.337 e. The number of nitrogens with one attached hydrogen (secondary N) is 2. The zero-order valence-electron chi connectivity index (χ0n) is 16.2. The van der Waals surface area contributed by atoms with Gasteiger partial charge in [-0.15, -0.1) is 0 Å². The molecular formula is C19H20N2O7S. The highest BCUT2D eigenvalue weighted by molar-refractivity contribution is 7.92. The number of hydrogen-bond donors (Lipinski definition) is 2. The standard InChI is InChI=1S/C19H20N2O7S/c1-11-5-6-15(10-16(11)17(22)20-2)29(25,26)21-14-8-12(18(23)27-3)7-13(9-14)19(24)28-4/h5-10,21H,1-4H3,(H,20,22). The number of benzene rings is 2. The number of esters is 2. The smallest absolute Gasteiger partial charge is 0.337 e. The molecular weight excluding hydrogens is 400 g/mol. The lowest BCUT2D eigenvalue weighted by atomic mass is 10.1. The molecule has 0 bridgehead atoms. The minimum Gasteiger partial charge on any atom is -0.465 e. The van der Waals surface area contributed by atoms with Crippen LogP contribution >= 0.6 is 0 Å². The molecule has 0 aromatic heterocycles. The van der Waals surface area contributed by atoms with Gasteiger partial charge < -0.3 is 14.8 Å². The first kappa shape index (κ1) is 21.9.